The molecule has 0 saturated heterocycles. The van der Waals surface area contributed by atoms with Crippen molar-refractivity contribution in [2.75, 3.05) is 0 Å². The molecule has 1 aromatic carbocycles. The maximum absolute atomic E-state index is 5.44. The minimum absolute atomic E-state index is 1.02. The SMILES string of the molecule is C=C[O][Sb]([O]C=C)[c]1cc[c]([Sb]([O]C=C)[O]C=C)cc1. The summed E-state index contributed by atoms with van der Waals surface area (Å²) >= 11 is -4.96. The average Bonchev–Trinajstić information content (AvgIpc) is 2.47. The zero-order valence-electron chi connectivity index (χ0n) is 11.0. The van der Waals surface area contributed by atoms with Gasteiger partial charge in [-0.2, -0.15) is 0 Å². The first-order valence-corrected chi connectivity index (χ1v) is 12.3. The predicted molar refractivity (Wildman–Crippen MR) is 82.3 cm³/mol. The number of hydrogen-bond donors (Lipinski definition) is 0. The van der Waals surface area contributed by atoms with Gasteiger partial charge in [-0.05, 0) is 0 Å². The van der Waals surface area contributed by atoms with Crippen molar-refractivity contribution in [3.8, 4) is 0 Å². The molecule has 0 unspecified atom stereocenters. The molecule has 0 radical (unpaired) electrons. The quantitative estimate of drug-likeness (QED) is 0.369. The van der Waals surface area contributed by atoms with Crippen molar-refractivity contribution >= 4 is 49.1 Å². The predicted octanol–water partition coefficient (Wildman–Crippen LogP) is 1.72. The van der Waals surface area contributed by atoms with Crippen LogP contribution in [0.4, 0.5) is 0 Å². The molecule has 106 valence electrons. The van der Waals surface area contributed by atoms with Gasteiger partial charge in [0.2, 0.25) is 0 Å². The first kappa shape index (κ1) is 17.1. The van der Waals surface area contributed by atoms with Crippen molar-refractivity contribution in [3.05, 3.63) is 75.6 Å². The molecule has 0 aliphatic rings. The molecule has 1 rings (SSSR count). The van der Waals surface area contributed by atoms with Gasteiger partial charge in [-0.25, -0.2) is 0 Å². The van der Waals surface area contributed by atoms with Crippen molar-refractivity contribution in [1.82, 2.24) is 0 Å². The molecule has 0 heterocycles. The Morgan fingerprint density at radius 2 is 0.850 bits per heavy atom. The summed E-state index contributed by atoms with van der Waals surface area (Å²) in [5.41, 5.74) is 0. The second kappa shape index (κ2) is 9.85. The summed E-state index contributed by atoms with van der Waals surface area (Å²) in [7, 11) is 0. The second-order valence-electron chi connectivity index (χ2n) is 3.12. The topological polar surface area (TPSA) is 36.9 Å². The standard InChI is InChI=1S/C6H4.4C2H4O.2Sb/c1-2-4-6-5-3-1;4*1-2-3;;/h1-2,5-6H;4*2-3H,1H2;;/q;;;;;2*+2/p-4. The Labute approximate surface area is 136 Å². The van der Waals surface area contributed by atoms with E-state index in [-0.39, 0.29) is 0 Å². The minimum atomic E-state index is -2.48. The summed E-state index contributed by atoms with van der Waals surface area (Å²) in [5.74, 6) is 0. The van der Waals surface area contributed by atoms with Gasteiger partial charge >= 0.3 is 137 Å². The van der Waals surface area contributed by atoms with Gasteiger partial charge in [0.25, 0.3) is 0 Å². The van der Waals surface area contributed by atoms with Crippen molar-refractivity contribution in [2.45, 2.75) is 0 Å². The third kappa shape index (κ3) is 5.18. The van der Waals surface area contributed by atoms with Crippen molar-refractivity contribution in [2.24, 2.45) is 0 Å². The molecule has 0 atom stereocenters. The van der Waals surface area contributed by atoms with E-state index >= 15 is 0 Å². The summed E-state index contributed by atoms with van der Waals surface area (Å²) in [6.07, 6.45) is 5.62. The van der Waals surface area contributed by atoms with Crippen LogP contribution in [0.25, 0.3) is 0 Å². The van der Waals surface area contributed by atoms with E-state index in [1.165, 1.54) is 25.0 Å². The summed E-state index contributed by atoms with van der Waals surface area (Å²) in [4.78, 5) is 0. The van der Waals surface area contributed by atoms with Gasteiger partial charge in [0, 0.05) is 0 Å². The normalized spacial score (nSPS) is 9.70. The van der Waals surface area contributed by atoms with Crippen LogP contribution >= 0.6 is 0 Å². The molecule has 0 saturated carbocycles. The van der Waals surface area contributed by atoms with Gasteiger partial charge < -0.3 is 0 Å². The van der Waals surface area contributed by atoms with E-state index in [0.717, 1.165) is 7.02 Å². The van der Waals surface area contributed by atoms with Crippen LogP contribution in [0.1, 0.15) is 0 Å². The van der Waals surface area contributed by atoms with Gasteiger partial charge in [-0.3, -0.25) is 0 Å². The first-order chi connectivity index (χ1) is 9.76. The molecule has 1 aromatic rings. The van der Waals surface area contributed by atoms with E-state index in [1.54, 1.807) is 0 Å². The zero-order chi connectivity index (χ0) is 14.8. The Bertz CT molecular complexity index is 396. The Hall–Kier alpha value is -0.984. The summed E-state index contributed by atoms with van der Waals surface area (Å²) < 4.78 is 23.8. The van der Waals surface area contributed by atoms with E-state index in [2.05, 4.69) is 26.3 Å². The van der Waals surface area contributed by atoms with E-state index in [0.29, 0.717) is 0 Å². The van der Waals surface area contributed by atoms with Gasteiger partial charge in [-0.1, -0.05) is 0 Å². The summed E-state index contributed by atoms with van der Waals surface area (Å²) in [6, 6.07) is 7.84. The fourth-order valence-corrected chi connectivity index (χ4v) is 6.72. The molecular formula is C14H16O4Sb2. The Morgan fingerprint density at radius 1 is 0.600 bits per heavy atom. The number of rotatable bonds is 10. The summed E-state index contributed by atoms with van der Waals surface area (Å²) in [6.45, 7) is 14.2. The third-order valence-corrected chi connectivity index (χ3v) is 9.95. The molecule has 4 nitrogen and oxygen atoms in total. The molecule has 0 spiro atoms. The van der Waals surface area contributed by atoms with Crippen molar-refractivity contribution in [3.63, 3.8) is 0 Å². The van der Waals surface area contributed by atoms with Crippen LogP contribution in [0.5, 0.6) is 0 Å². The molecule has 0 fully saturated rings. The van der Waals surface area contributed by atoms with Crippen molar-refractivity contribution in [1.29, 1.82) is 0 Å². The van der Waals surface area contributed by atoms with Crippen LogP contribution in [0.15, 0.2) is 75.6 Å². The maximum atomic E-state index is 5.44. The molecule has 0 aromatic heterocycles. The molecule has 20 heavy (non-hydrogen) atoms. The second-order valence-corrected chi connectivity index (χ2v) is 11.4. The third-order valence-electron chi connectivity index (χ3n) is 1.95. The van der Waals surface area contributed by atoms with Gasteiger partial charge in [-0.15, -0.1) is 0 Å². The molecule has 0 amide bonds. The fraction of sp³-hybridized carbons (Fsp3) is 0. The van der Waals surface area contributed by atoms with Crippen LogP contribution in [0.3, 0.4) is 0 Å². The van der Waals surface area contributed by atoms with Crippen LogP contribution in [-0.2, 0) is 12.1 Å². The van der Waals surface area contributed by atoms with E-state index < -0.39 is 42.1 Å². The molecular weight excluding hydrogens is 476 g/mol. The molecule has 0 aliphatic heterocycles. The molecule has 0 N–H and O–H groups in total. The Morgan fingerprint density at radius 3 is 1.05 bits per heavy atom. The van der Waals surface area contributed by atoms with Crippen LogP contribution < -0.4 is 7.02 Å². The van der Waals surface area contributed by atoms with E-state index in [1.807, 2.05) is 24.3 Å². The van der Waals surface area contributed by atoms with E-state index in [4.69, 9.17) is 12.1 Å². The molecule has 0 aliphatic carbocycles. The first-order valence-electron chi connectivity index (χ1n) is 5.57. The van der Waals surface area contributed by atoms with Gasteiger partial charge in [0.05, 0.1) is 0 Å². The van der Waals surface area contributed by atoms with Gasteiger partial charge in [0.15, 0.2) is 0 Å². The number of benzene rings is 1. The monoisotopic (exact) mass is 490 g/mol. The fourth-order valence-electron chi connectivity index (χ4n) is 1.26. The van der Waals surface area contributed by atoms with Crippen LogP contribution in [0, 0.1) is 0 Å². The Kier molecular flexibility index (Phi) is 8.40. The average molecular weight is 492 g/mol. The molecule has 6 heteroatoms. The van der Waals surface area contributed by atoms with Crippen LogP contribution in [-0.4, -0.2) is 42.1 Å². The molecule has 0 bridgehead atoms. The van der Waals surface area contributed by atoms with Crippen LogP contribution in [0.2, 0.25) is 0 Å². The Balaban J connectivity index is 2.89. The number of hydrogen-bond acceptors (Lipinski definition) is 4. The van der Waals surface area contributed by atoms with Crippen molar-refractivity contribution < 1.29 is 12.1 Å². The summed E-state index contributed by atoms with van der Waals surface area (Å²) in [5, 5.41) is 0. The van der Waals surface area contributed by atoms with Gasteiger partial charge in [0.1, 0.15) is 0 Å². The zero-order valence-corrected chi connectivity index (χ0v) is 16.1. The van der Waals surface area contributed by atoms with E-state index in [9.17, 15) is 0 Å².